The third-order valence-corrected chi connectivity index (χ3v) is 4.26. The maximum absolute atomic E-state index is 10.5. The lowest BCUT2D eigenvalue weighted by molar-refractivity contribution is -0.137. The first-order valence-corrected chi connectivity index (χ1v) is 7.55. The normalized spacial score (nSPS) is 20.6. The van der Waals surface area contributed by atoms with E-state index >= 15 is 0 Å². The maximum atomic E-state index is 10.5. The van der Waals surface area contributed by atoms with E-state index in [-0.39, 0.29) is 12.5 Å². The average Bonchev–Trinajstić information content (AvgIpc) is 2.34. The van der Waals surface area contributed by atoms with Gasteiger partial charge >= 0.3 is 5.97 Å². The summed E-state index contributed by atoms with van der Waals surface area (Å²) < 4.78 is 0. The van der Waals surface area contributed by atoms with E-state index in [2.05, 4.69) is 6.92 Å². The number of nitrogens with two attached hydrogens (primary N) is 1. The van der Waals surface area contributed by atoms with E-state index in [0.29, 0.717) is 5.92 Å². The van der Waals surface area contributed by atoms with Gasteiger partial charge in [0.05, 0.1) is 6.42 Å². The van der Waals surface area contributed by atoms with Crippen LogP contribution in [0.2, 0.25) is 0 Å². The van der Waals surface area contributed by atoms with Gasteiger partial charge < -0.3 is 10.8 Å². The van der Waals surface area contributed by atoms with E-state index in [0.717, 1.165) is 18.8 Å². The first kappa shape index (κ1) is 15.5. The summed E-state index contributed by atoms with van der Waals surface area (Å²) in [4.78, 5) is 10.5. The van der Waals surface area contributed by atoms with Gasteiger partial charge in [0.2, 0.25) is 0 Å². The Labute approximate surface area is 111 Å². The van der Waals surface area contributed by atoms with E-state index in [1.165, 1.54) is 44.9 Å². The molecule has 0 amide bonds. The molecular weight excluding hydrogens is 226 g/mol. The lowest BCUT2D eigenvalue weighted by Gasteiger charge is -2.23. The molecule has 3 nitrogen and oxygen atoms in total. The van der Waals surface area contributed by atoms with Crippen molar-refractivity contribution < 1.29 is 9.90 Å². The topological polar surface area (TPSA) is 63.3 Å². The van der Waals surface area contributed by atoms with Gasteiger partial charge in [0, 0.05) is 6.04 Å². The number of rotatable bonds is 8. The highest BCUT2D eigenvalue weighted by Crippen LogP contribution is 2.29. The molecule has 1 rings (SSSR count). The molecule has 1 aliphatic carbocycles. The number of carbonyl (C=O) groups is 1. The lowest BCUT2D eigenvalue weighted by Crippen LogP contribution is -2.24. The second-order valence-electron chi connectivity index (χ2n) is 6.12. The summed E-state index contributed by atoms with van der Waals surface area (Å²) >= 11 is 0. The van der Waals surface area contributed by atoms with E-state index in [1.54, 1.807) is 0 Å². The van der Waals surface area contributed by atoms with Crippen molar-refractivity contribution in [1.82, 2.24) is 0 Å². The third-order valence-electron chi connectivity index (χ3n) is 4.26. The molecule has 3 N–H and O–H groups in total. The van der Waals surface area contributed by atoms with E-state index in [9.17, 15) is 4.79 Å². The van der Waals surface area contributed by atoms with Gasteiger partial charge in [0.25, 0.3) is 0 Å². The van der Waals surface area contributed by atoms with Crippen molar-refractivity contribution in [3.63, 3.8) is 0 Å². The number of hydrogen-bond donors (Lipinski definition) is 2. The van der Waals surface area contributed by atoms with Crippen LogP contribution in [0.5, 0.6) is 0 Å². The molecule has 0 saturated heterocycles. The Hall–Kier alpha value is -0.570. The molecule has 2 atom stereocenters. The molecular formula is C15H29NO2. The van der Waals surface area contributed by atoms with Crippen molar-refractivity contribution in [2.75, 3.05) is 0 Å². The summed E-state index contributed by atoms with van der Waals surface area (Å²) in [6.45, 7) is 2.27. The van der Waals surface area contributed by atoms with Crippen LogP contribution in [0.1, 0.15) is 71.1 Å². The SMILES string of the molecule is C[C@H](CCC1CCCCC1)CC[C@H](N)CC(=O)O. The van der Waals surface area contributed by atoms with Crippen molar-refractivity contribution in [3.8, 4) is 0 Å². The van der Waals surface area contributed by atoms with Crippen LogP contribution in [0.25, 0.3) is 0 Å². The minimum Gasteiger partial charge on any atom is -0.481 e. The standard InChI is InChI=1S/C15H29NO2/c1-12(8-10-14(16)11-15(17)18)7-9-13-5-3-2-4-6-13/h12-14H,2-11,16H2,1H3,(H,17,18)/t12-,14+/m1/s1. The van der Waals surface area contributed by atoms with Gasteiger partial charge in [-0.15, -0.1) is 0 Å². The van der Waals surface area contributed by atoms with Crippen molar-refractivity contribution in [2.45, 2.75) is 77.2 Å². The number of carboxylic acids is 1. The molecule has 0 heterocycles. The second kappa shape index (κ2) is 8.52. The van der Waals surface area contributed by atoms with E-state index in [1.807, 2.05) is 0 Å². The molecule has 0 aliphatic heterocycles. The summed E-state index contributed by atoms with van der Waals surface area (Å²) in [5.74, 6) is 0.859. The van der Waals surface area contributed by atoms with Crippen molar-refractivity contribution in [1.29, 1.82) is 0 Å². The predicted molar refractivity (Wildman–Crippen MR) is 74.4 cm³/mol. The zero-order valence-corrected chi connectivity index (χ0v) is 11.7. The van der Waals surface area contributed by atoms with Crippen LogP contribution < -0.4 is 5.73 Å². The molecule has 1 fully saturated rings. The van der Waals surface area contributed by atoms with Crippen LogP contribution >= 0.6 is 0 Å². The zero-order chi connectivity index (χ0) is 13.4. The highest BCUT2D eigenvalue weighted by molar-refractivity contribution is 5.67. The Bertz CT molecular complexity index is 237. The molecule has 0 radical (unpaired) electrons. The van der Waals surface area contributed by atoms with Crippen molar-refractivity contribution in [2.24, 2.45) is 17.6 Å². The average molecular weight is 255 g/mol. The fraction of sp³-hybridized carbons (Fsp3) is 0.933. The van der Waals surface area contributed by atoms with Gasteiger partial charge in [0.15, 0.2) is 0 Å². The molecule has 0 aromatic carbocycles. The monoisotopic (exact) mass is 255 g/mol. The minimum atomic E-state index is -0.780. The zero-order valence-electron chi connectivity index (χ0n) is 11.7. The number of hydrogen-bond acceptors (Lipinski definition) is 2. The summed E-state index contributed by atoms with van der Waals surface area (Å²) in [5, 5.41) is 8.64. The Balaban J connectivity index is 2.05. The first-order valence-electron chi connectivity index (χ1n) is 7.55. The molecule has 0 spiro atoms. The highest BCUT2D eigenvalue weighted by Gasteiger charge is 2.15. The first-order chi connectivity index (χ1) is 8.58. The van der Waals surface area contributed by atoms with Crippen LogP contribution in [0.4, 0.5) is 0 Å². The van der Waals surface area contributed by atoms with E-state index in [4.69, 9.17) is 10.8 Å². The van der Waals surface area contributed by atoms with Crippen LogP contribution in [-0.2, 0) is 4.79 Å². The largest absolute Gasteiger partial charge is 0.481 e. The number of aliphatic carboxylic acids is 1. The van der Waals surface area contributed by atoms with Crippen molar-refractivity contribution >= 4 is 5.97 Å². The fourth-order valence-corrected chi connectivity index (χ4v) is 2.97. The Morgan fingerprint density at radius 2 is 1.89 bits per heavy atom. The summed E-state index contributed by atoms with van der Waals surface area (Å²) in [6, 6.07) is -0.167. The summed E-state index contributed by atoms with van der Waals surface area (Å²) in [5.41, 5.74) is 5.78. The summed E-state index contributed by atoms with van der Waals surface area (Å²) in [7, 11) is 0. The Morgan fingerprint density at radius 3 is 2.50 bits per heavy atom. The van der Waals surface area contributed by atoms with Crippen LogP contribution in [0.15, 0.2) is 0 Å². The van der Waals surface area contributed by atoms with Gasteiger partial charge in [-0.05, 0) is 24.7 Å². The lowest BCUT2D eigenvalue weighted by atomic mass is 9.83. The molecule has 1 aliphatic rings. The van der Waals surface area contributed by atoms with Gasteiger partial charge in [-0.3, -0.25) is 4.79 Å². The van der Waals surface area contributed by atoms with Crippen LogP contribution in [-0.4, -0.2) is 17.1 Å². The molecule has 0 unspecified atom stereocenters. The highest BCUT2D eigenvalue weighted by atomic mass is 16.4. The van der Waals surface area contributed by atoms with Gasteiger partial charge in [-0.2, -0.15) is 0 Å². The Morgan fingerprint density at radius 1 is 1.22 bits per heavy atom. The van der Waals surface area contributed by atoms with Gasteiger partial charge in [0.1, 0.15) is 0 Å². The Kier molecular flexibility index (Phi) is 7.33. The molecule has 0 aromatic rings. The maximum Gasteiger partial charge on any atom is 0.304 e. The number of carboxylic acid groups (broad SMARTS) is 1. The molecule has 0 bridgehead atoms. The van der Waals surface area contributed by atoms with Gasteiger partial charge in [-0.25, -0.2) is 0 Å². The van der Waals surface area contributed by atoms with Crippen LogP contribution in [0.3, 0.4) is 0 Å². The molecule has 0 aromatic heterocycles. The quantitative estimate of drug-likeness (QED) is 0.697. The molecule has 106 valence electrons. The minimum absolute atomic E-state index is 0.106. The van der Waals surface area contributed by atoms with Gasteiger partial charge in [-0.1, -0.05) is 51.9 Å². The predicted octanol–water partition coefficient (Wildman–Crippen LogP) is 3.57. The fourth-order valence-electron chi connectivity index (χ4n) is 2.97. The summed E-state index contributed by atoms with van der Waals surface area (Å²) in [6.07, 6.45) is 11.8. The third kappa shape index (κ3) is 7.00. The smallest absolute Gasteiger partial charge is 0.304 e. The molecule has 18 heavy (non-hydrogen) atoms. The van der Waals surface area contributed by atoms with Crippen molar-refractivity contribution in [3.05, 3.63) is 0 Å². The van der Waals surface area contributed by atoms with Crippen LogP contribution in [0, 0.1) is 11.8 Å². The second-order valence-corrected chi connectivity index (χ2v) is 6.12. The molecule has 1 saturated carbocycles. The molecule has 3 heteroatoms. The van der Waals surface area contributed by atoms with E-state index < -0.39 is 5.97 Å².